The molecule has 4 nitrogen and oxygen atoms in total. The van der Waals surface area contributed by atoms with Crippen LogP contribution >= 0.6 is 0 Å². The molecule has 1 aliphatic carbocycles. The van der Waals surface area contributed by atoms with Crippen LogP contribution in [-0.2, 0) is 11.3 Å². The Morgan fingerprint density at radius 1 is 1.60 bits per heavy atom. The highest BCUT2D eigenvalue weighted by molar-refractivity contribution is 5.32. The van der Waals surface area contributed by atoms with E-state index < -0.39 is 0 Å². The van der Waals surface area contributed by atoms with Gasteiger partial charge in [-0.25, -0.2) is 4.98 Å². The standard InChI is InChI=1S/C11H19N3O/c1-3-15-7-6-14-8-9(2)12-11(14)13-10-4-5-10/h8,10H,3-7H2,1-2H3,(H,12,13). The van der Waals surface area contributed by atoms with E-state index in [4.69, 9.17) is 4.74 Å². The van der Waals surface area contributed by atoms with E-state index in [0.717, 1.165) is 31.4 Å². The quantitative estimate of drug-likeness (QED) is 0.726. The molecule has 4 heteroatoms. The number of nitrogens with zero attached hydrogens (tertiary/aromatic N) is 2. The van der Waals surface area contributed by atoms with E-state index >= 15 is 0 Å². The lowest BCUT2D eigenvalue weighted by atomic mass is 10.5. The van der Waals surface area contributed by atoms with Gasteiger partial charge in [-0.3, -0.25) is 0 Å². The minimum atomic E-state index is 0.651. The molecule has 1 saturated carbocycles. The van der Waals surface area contributed by atoms with Crippen LogP contribution in [0.15, 0.2) is 6.20 Å². The SMILES string of the molecule is CCOCCn1cc(C)nc1NC1CC1. The summed E-state index contributed by atoms with van der Waals surface area (Å²) in [5.74, 6) is 0.995. The number of rotatable bonds is 6. The smallest absolute Gasteiger partial charge is 0.203 e. The Balaban J connectivity index is 1.93. The molecule has 0 aliphatic heterocycles. The zero-order valence-corrected chi connectivity index (χ0v) is 9.49. The van der Waals surface area contributed by atoms with Crippen LogP contribution in [-0.4, -0.2) is 28.8 Å². The first-order valence-corrected chi connectivity index (χ1v) is 5.67. The van der Waals surface area contributed by atoms with Crippen molar-refractivity contribution in [2.75, 3.05) is 18.5 Å². The molecular formula is C11H19N3O. The molecule has 0 aromatic carbocycles. The van der Waals surface area contributed by atoms with E-state index in [2.05, 4.69) is 21.1 Å². The lowest BCUT2D eigenvalue weighted by Crippen LogP contribution is -2.11. The van der Waals surface area contributed by atoms with Gasteiger partial charge in [0.05, 0.1) is 12.3 Å². The summed E-state index contributed by atoms with van der Waals surface area (Å²) in [6.45, 7) is 6.45. The van der Waals surface area contributed by atoms with E-state index in [1.807, 2.05) is 13.8 Å². The van der Waals surface area contributed by atoms with E-state index in [1.165, 1.54) is 12.8 Å². The lowest BCUT2D eigenvalue weighted by molar-refractivity contribution is 0.139. The Hall–Kier alpha value is -1.03. The Kier molecular flexibility index (Phi) is 3.26. The van der Waals surface area contributed by atoms with Gasteiger partial charge in [-0.2, -0.15) is 0 Å². The molecule has 0 spiro atoms. The molecule has 84 valence electrons. The van der Waals surface area contributed by atoms with E-state index in [-0.39, 0.29) is 0 Å². The molecule has 1 heterocycles. The molecule has 1 aromatic heterocycles. The van der Waals surface area contributed by atoms with Crippen LogP contribution in [0.5, 0.6) is 0 Å². The van der Waals surface area contributed by atoms with Crippen LogP contribution in [0.25, 0.3) is 0 Å². The molecule has 0 saturated heterocycles. The van der Waals surface area contributed by atoms with E-state index in [0.29, 0.717) is 6.04 Å². The Morgan fingerprint density at radius 3 is 3.07 bits per heavy atom. The first-order chi connectivity index (χ1) is 7.29. The number of aromatic nitrogens is 2. The second-order valence-electron chi connectivity index (χ2n) is 4.01. The van der Waals surface area contributed by atoms with Gasteiger partial charge in [-0.1, -0.05) is 0 Å². The van der Waals surface area contributed by atoms with Crippen LogP contribution in [0, 0.1) is 6.92 Å². The van der Waals surface area contributed by atoms with Gasteiger partial charge in [-0.15, -0.1) is 0 Å². The highest BCUT2D eigenvalue weighted by atomic mass is 16.5. The van der Waals surface area contributed by atoms with Crippen molar-refractivity contribution >= 4 is 5.95 Å². The average Bonchev–Trinajstić information content (AvgIpc) is 2.93. The van der Waals surface area contributed by atoms with Crippen LogP contribution in [0.2, 0.25) is 0 Å². The van der Waals surface area contributed by atoms with E-state index in [9.17, 15) is 0 Å². The topological polar surface area (TPSA) is 39.1 Å². The Bertz CT molecular complexity index is 318. The van der Waals surface area contributed by atoms with Crippen molar-refractivity contribution in [2.24, 2.45) is 0 Å². The Morgan fingerprint density at radius 2 is 2.40 bits per heavy atom. The number of ether oxygens (including phenoxy) is 1. The molecule has 1 aromatic rings. The Labute approximate surface area is 90.6 Å². The van der Waals surface area contributed by atoms with Crippen LogP contribution < -0.4 is 5.32 Å². The molecule has 1 fully saturated rings. The molecule has 0 amide bonds. The van der Waals surface area contributed by atoms with Crippen molar-refractivity contribution in [2.45, 2.75) is 39.3 Å². The highest BCUT2D eigenvalue weighted by Gasteiger charge is 2.22. The summed E-state index contributed by atoms with van der Waals surface area (Å²) in [4.78, 5) is 4.47. The number of imidazole rings is 1. The number of aryl methyl sites for hydroxylation is 1. The van der Waals surface area contributed by atoms with Crippen molar-refractivity contribution in [3.05, 3.63) is 11.9 Å². The zero-order chi connectivity index (χ0) is 10.7. The molecule has 0 atom stereocenters. The first kappa shape index (κ1) is 10.5. The number of hydrogen-bond donors (Lipinski definition) is 1. The van der Waals surface area contributed by atoms with Crippen molar-refractivity contribution < 1.29 is 4.74 Å². The summed E-state index contributed by atoms with van der Waals surface area (Å²) >= 11 is 0. The number of anilines is 1. The minimum absolute atomic E-state index is 0.651. The van der Waals surface area contributed by atoms with Crippen LogP contribution in [0.4, 0.5) is 5.95 Å². The number of hydrogen-bond acceptors (Lipinski definition) is 3. The average molecular weight is 209 g/mol. The lowest BCUT2D eigenvalue weighted by Gasteiger charge is -2.08. The molecule has 1 aliphatic rings. The fourth-order valence-electron chi connectivity index (χ4n) is 1.55. The molecule has 0 radical (unpaired) electrons. The van der Waals surface area contributed by atoms with Gasteiger partial charge in [-0.05, 0) is 26.7 Å². The minimum Gasteiger partial charge on any atom is -0.380 e. The summed E-state index contributed by atoms with van der Waals surface area (Å²) < 4.78 is 7.49. The molecule has 15 heavy (non-hydrogen) atoms. The fourth-order valence-corrected chi connectivity index (χ4v) is 1.55. The molecule has 0 unspecified atom stereocenters. The van der Waals surface area contributed by atoms with Gasteiger partial charge in [0.2, 0.25) is 5.95 Å². The van der Waals surface area contributed by atoms with Gasteiger partial charge < -0.3 is 14.6 Å². The van der Waals surface area contributed by atoms with Gasteiger partial charge in [0.1, 0.15) is 0 Å². The van der Waals surface area contributed by atoms with Gasteiger partial charge in [0, 0.05) is 25.4 Å². The van der Waals surface area contributed by atoms with Crippen molar-refractivity contribution in [3.63, 3.8) is 0 Å². The fraction of sp³-hybridized carbons (Fsp3) is 0.727. The second-order valence-corrected chi connectivity index (χ2v) is 4.01. The first-order valence-electron chi connectivity index (χ1n) is 5.67. The highest BCUT2D eigenvalue weighted by Crippen LogP contribution is 2.24. The maximum atomic E-state index is 5.35. The normalized spacial score (nSPS) is 15.6. The van der Waals surface area contributed by atoms with E-state index in [1.54, 1.807) is 0 Å². The third kappa shape index (κ3) is 2.96. The van der Waals surface area contributed by atoms with Crippen molar-refractivity contribution in [3.8, 4) is 0 Å². The van der Waals surface area contributed by atoms with Gasteiger partial charge >= 0.3 is 0 Å². The largest absolute Gasteiger partial charge is 0.380 e. The van der Waals surface area contributed by atoms with Crippen molar-refractivity contribution in [1.29, 1.82) is 0 Å². The maximum absolute atomic E-state index is 5.35. The summed E-state index contributed by atoms with van der Waals surface area (Å²) in [7, 11) is 0. The zero-order valence-electron chi connectivity index (χ0n) is 9.49. The van der Waals surface area contributed by atoms with Crippen LogP contribution in [0.3, 0.4) is 0 Å². The van der Waals surface area contributed by atoms with Gasteiger partial charge in [0.15, 0.2) is 0 Å². The predicted octanol–water partition coefficient (Wildman–Crippen LogP) is 1.80. The van der Waals surface area contributed by atoms with Crippen LogP contribution in [0.1, 0.15) is 25.5 Å². The molecule has 1 N–H and O–H groups in total. The summed E-state index contributed by atoms with van der Waals surface area (Å²) in [5, 5.41) is 3.43. The molecular weight excluding hydrogens is 190 g/mol. The second kappa shape index (κ2) is 4.66. The monoisotopic (exact) mass is 209 g/mol. The molecule has 2 rings (SSSR count). The maximum Gasteiger partial charge on any atom is 0.203 e. The summed E-state index contributed by atoms with van der Waals surface area (Å²) in [5.41, 5.74) is 1.06. The van der Waals surface area contributed by atoms with Crippen molar-refractivity contribution in [1.82, 2.24) is 9.55 Å². The summed E-state index contributed by atoms with van der Waals surface area (Å²) in [6.07, 6.45) is 4.62. The third-order valence-electron chi connectivity index (χ3n) is 2.49. The molecule has 0 bridgehead atoms. The predicted molar refractivity (Wildman–Crippen MR) is 60.1 cm³/mol. The number of nitrogens with one attached hydrogen (secondary N) is 1. The third-order valence-corrected chi connectivity index (χ3v) is 2.49. The van der Waals surface area contributed by atoms with Gasteiger partial charge in [0.25, 0.3) is 0 Å². The summed E-state index contributed by atoms with van der Waals surface area (Å²) in [6, 6.07) is 0.651.